The van der Waals surface area contributed by atoms with Crippen LogP contribution >= 0.6 is 11.3 Å². The van der Waals surface area contributed by atoms with E-state index in [1.165, 1.54) is 16.2 Å². The summed E-state index contributed by atoms with van der Waals surface area (Å²) in [6, 6.07) is 11.9. The molecule has 0 bridgehead atoms. The van der Waals surface area contributed by atoms with Gasteiger partial charge in [-0.3, -0.25) is 4.79 Å². The van der Waals surface area contributed by atoms with Gasteiger partial charge in [-0.05, 0) is 23.6 Å². The number of carbonyl (C=O) groups is 1. The summed E-state index contributed by atoms with van der Waals surface area (Å²) >= 11 is 1.38. The number of hydrogen-bond donors (Lipinski definition) is 2. The predicted octanol–water partition coefficient (Wildman–Crippen LogP) is 0.972. The molecule has 0 spiro atoms. The third kappa shape index (κ3) is 4.29. The summed E-state index contributed by atoms with van der Waals surface area (Å²) in [5, 5.41) is 14.3. The number of rotatable bonds is 5. The van der Waals surface area contributed by atoms with Crippen molar-refractivity contribution in [2.45, 2.75) is 0 Å². The van der Waals surface area contributed by atoms with Crippen LogP contribution in [-0.2, 0) is 4.79 Å². The zero-order chi connectivity index (χ0) is 17.6. The van der Waals surface area contributed by atoms with Crippen LogP contribution in [0.2, 0.25) is 0 Å². The lowest BCUT2D eigenvalue weighted by molar-refractivity contribution is -0.892. The van der Waals surface area contributed by atoms with Crippen molar-refractivity contribution in [3.05, 3.63) is 41.3 Å². The molecular formula is C18H21N4O2S+. The van der Waals surface area contributed by atoms with Crippen molar-refractivity contribution in [2.24, 2.45) is 0 Å². The van der Waals surface area contributed by atoms with Crippen LogP contribution in [0.15, 0.2) is 35.7 Å². The van der Waals surface area contributed by atoms with Gasteiger partial charge in [0.15, 0.2) is 6.54 Å². The van der Waals surface area contributed by atoms with Crippen molar-refractivity contribution in [3.63, 3.8) is 0 Å². The quantitative estimate of drug-likeness (QED) is 0.837. The number of nitrogens with zero attached hydrogens (tertiary/aromatic N) is 2. The van der Waals surface area contributed by atoms with Crippen molar-refractivity contribution >= 4 is 27.9 Å². The van der Waals surface area contributed by atoms with Gasteiger partial charge in [0.2, 0.25) is 0 Å². The van der Waals surface area contributed by atoms with Gasteiger partial charge < -0.3 is 19.9 Å². The molecule has 0 saturated carbocycles. The highest BCUT2D eigenvalue weighted by Crippen LogP contribution is 2.22. The van der Waals surface area contributed by atoms with E-state index in [1.807, 2.05) is 23.6 Å². The minimum Gasteiger partial charge on any atom is -0.497 e. The Morgan fingerprint density at radius 3 is 2.92 bits per heavy atom. The largest absolute Gasteiger partial charge is 0.497 e. The molecule has 7 heteroatoms. The molecule has 1 aromatic carbocycles. The van der Waals surface area contributed by atoms with Crippen molar-refractivity contribution in [3.8, 4) is 11.8 Å². The van der Waals surface area contributed by atoms with Gasteiger partial charge in [-0.25, -0.2) is 0 Å². The zero-order valence-electron chi connectivity index (χ0n) is 14.1. The Kier molecular flexibility index (Phi) is 5.53. The van der Waals surface area contributed by atoms with Gasteiger partial charge in [-0.1, -0.05) is 6.07 Å². The van der Waals surface area contributed by atoms with Crippen molar-refractivity contribution in [1.82, 2.24) is 0 Å². The Labute approximate surface area is 151 Å². The molecule has 25 heavy (non-hydrogen) atoms. The Bertz CT molecular complexity index is 775. The molecule has 3 rings (SSSR count). The van der Waals surface area contributed by atoms with Crippen LogP contribution in [0.4, 0.5) is 10.7 Å². The fourth-order valence-electron chi connectivity index (χ4n) is 2.96. The van der Waals surface area contributed by atoms with Gasteiger partial charge in [0, 0.05) is 11.8 Å². The monoisotopic (exact) mass is 357 g/mol. The Balaban J connectivity index is 1.50. The van der Waals surface area contributed by atoms with Gasteiger partial charge in [0.25, 0.3) is 5.91 Å². The molecule has 0 aliphatic carbocycles. The number of nitriles is 1. The minimum absolute atomic E-state index is 0.0382. The Morgan fingerprint density at radius 2 is 2.20 bits per heavy atom. The number of methoxy groups -OCH3 is 1. The van der Waals surface area contributed by atoms with E-state index >= 15 is 0 Å². The Morgan fingerprint density at radius 1 is 1.40 bits per heavy atom. The smallest absolute Gasteiger partial charge is 0.280 e. The standard InChI is InChI=1S/C18H20N4O2S/c1-24-16-4-2-3-15(11-16)22-8-6-21(7-9-22)13-17(23)20-18-14(12-19)5-10-25-18/h2-5,10-11H,6-9,13H2,1H3,(H,20,23)/p+1. The average molecular weight is 357 g/mol. The number of ether oxygens (including phenoxy) is 1. The van der Waals surface area contributed by atoms with E-state index in [4.69, 9.17) is 10.00 Å². The van der Waals surface area contributed by atoms with Crippen LogP contribution in [0.3, 0.4) is 0 Å². The van der Waals surface area contributed by atoms with Crippen molar-refractivity contribution in [2.75, 3.05) is 50.1 Å². The number of nitrogens with one attached hydrogen (secondary N) is 2. The SMILES string of the molecule is COc1cccc(N2CC[NH+](CC(=O)Nc3sccc3C#N)CC2)c1. The second-order valence-electron chi connectivity index (χ2n) is 5.94. The second-order valence-corrected chi connectivity index (χ2v) is 6.85. The third-order valence-corrected chi connectivity index (χ3v) is 5.17. The topological polar surface area (TPSA) is 69.8 Å². The first-order valence-electron chi connectivity index (χ1n) is 8.19. The van der Waals surface area contributed by atoms with E-state index < -0.39 is 0 Å². The maximum absolute atomic E-state index is 12.2. The maximum Gasteiger partial charge on any atom is 0.280 e. The van der Waals surface area contributed by atoms with Gasteiger partial charge in [-0.2, -0.15) is 5.26 Å². The fourth-order valence-corrected chi connectivity index (χ4v) is 3.71. The van der Waals surface area contributed by atoms with E-state index in [9.17, 15) is 4.79 Å². The lowest BCUT2D eigenvalue weighted by atomic mass is 10.2. The molecule has 6 nitrogen and oxygen atoms in total. The van der Waals surface area contributed by atoms with Gasteiger partial charge >= 0.3 is 0 Å². The Hall–Kier alpha value is -2.56. The van der Waals surface area contributed by atoms with E-state index in [0.717, 1.165) is 37.6 Å². The summed E-state index contributed by atoms with van der Waals surface area (Å²) in [6.45, 7) is 4.03. The number of quaternary nitrogens is 1. The lowest BCUT2D eigenvalue weighted by Crippen LogP contribution is -3.15. The van der Waals surface area contributed by atoms with Crippen LogP contribution in [0.5, 0.6) is 5.75 Å². The molecule has 1 aliphatic heterocycles. The van der Waals surface area contributed by atoms with Crippen LogP contribution < -0.4 is 19.9 Å². The molecule has 2 aromatic rings. The second kappa shape index (κ2) is 8.01. The first kappa shape index (κ1) is 17.3. The summed E-state index contributed by atoms with van der Waals surface area (Å²) < 4.78 is 5.28. The predicted molar refractivity (Wildman–Crippen MR) is 98.4 cm³/mol. The van der Waals surface area contributed by atoms with Crippen LogP contribution in [0, 0.1) is 11.3 Å². The molecule has 1 saturated heterocycles. The summed E-state index contributed by atoms with van der Waals surface area (Å²) in [7, 11) is 1.67. The number of piperazine rings is 1. The molecule has 1 aromatic heterocycles. The highest BCUT2D eigenvalue weighted by molar-refractivity contribution is 7.14. The molecule has 2 heterocycles. The fraction of sp³-hybridized carbons (Fsp3) is 0.333. The van der Waals surface area contributed by atoms with Gasteiger partial charge in [0.1, 0.15) is 16.8 Å². The lowest BCUT2D eigenvalue weighted by Gasteiger charge is -2.33. The molecule has 130 valence electrons. The first-order chi connectivity index (χ1) is 12.2. The summed E-state index contributed by atoms with van der Waals surface area (Å²) in [6.07, 6.45) is 0. The minimum atomic E-state index is -0.0382. The van der Waals surface area contributed by atoms with Crippen molar-refractivity contribution in [1.29, 1.82) is 5.26 Å². The third-order valence-electron chi connectivity index (χ3n) is 4.34. The number of amides is 1. The molecule has 0 radical (unpaired) electrons. The normalized spacial score (nSPS) is 14.8. The van der Waals surface area contributed by atoms with Crippen LogP contribution in [0.1, 0.15) is 5.56 Å². The average Bonchev–Trinajstić information content (AvgIpc) is 3.09. The zero-order valence-corrected chi connectivity index (χ0v) is 14.9. The highest BCUT2D eigenvalue weighted by Gasteiger charge is 2.23. The van der Waals surface area contributed by atoms with E-state index in [2.05, 4.69) is 22.4 Å². The number of hydrogen-bond acceptors (Lipinski definition) is 5. The molecular weight excluding hydrogens is 336 g/mol. The number of benzene rings is 1. The van der Waals surface area contributed by atoms with Gasteiger partial charge in [-0.15, -0.1) is 11.3 Å². The highest BCUT2D eigenvalue weighted by atomic mass is 32.1. The number of carbonyl (C=O) groups excluding carboxylic acids is 1. The summed E-state index contributed by atoms with van der Waals surface area (Å²) in [5.74, 6) is 0.819. The molecule has 1 amide bonds. The molecule has 2 N–H and O–H groups in total. The number of anilines is 2. The molecule has 0 unspecified atom stereocenters. The first-order valence-corrected chi connectivity index (χ1v) is 9.07. The van der Waals surface area contributed by atoms with Crippen LogP contribution in [0.25, 0.3) is 0 Å². The summed E-state index contributed by atoms with van der Waals surface area (Å²) in [4.78, 5) is 15.8. The van der Waals surface area contributed by atoms with Gasteiger partial charge in [0.05, 0.1) is 38.9 Å². The molecule has 0 atom stereocenters. The van der Waals surface area contributed by atoms with E-state index in [-0.39, 0.29) is 5.91 Å². The maximum atomic E-state index is 12.2. The van der Waals surface area contributed by atoms with Crippen LogP contribution in [-0.4, -0.2) is 45.7 Å². The van der Waals surface area contributed by atoms with Crippen molar-refractivity contribution < 1.29 is 14.4 Å². The summed E-state index contributed by atoms with van der Waals surface area (Å²) in [5.41, 5.74) is 1.68. The van der Waals surface area contributed by atoms with E-state index in [1.54, 1.807) is 13.2 Å². The van der Waals surface area contributed by atoms with E-state index in [0.29, 0.717) is 17.1 Å². The number of thiophene rings is 1. The molecule has 1 aliphatic rings. The molecule has 1 fully saturated rings.